The zero-order chi connectivity index (χ0) is 25.4. The first kappa shape index (κ1) is 31.1. The second-order valence-corrected chi connectivity index (χ2v) is 9.23. The normalized spacial score (nSPS) is 11.3. The highest BCUT2D eigenvalue weighted by Gasteiger charge is 2.11. The van der Waals surface area contributed by atoms with Gasteiger partial charge in [0.2, 0.25) is 0 Å². The predicted molar refractivity (Wildman–Crippen MR) is 148 cm³/mol. The van der Waals surface area contributed by atoms with E-state index in [9.17, 15) is 0 Å². The molecule has 0 fully saturated rings. The number of hydrogen-bond donors (Lipinski definition) is 1. The lowest BCUT2D eigenvalue weighted by Gasteiger charge is -2.18. The van der Waals surface area contributed by atoms with Crippen LogP contribution in [-0.4, -0.2) is 51.1 Å². The van der Waals surface area contributed by atoms with E-state index in [0.29, 0.717) is 0 Å². The standard InChI is InChI=1S/C20H26BrN3O.C5H12O.C2H6/c1-23-19(20-17(21)6-4-7-18(20)22)8-5-13-24(2)14-15-9-11-16(25-3)12-10-15;1-5(2,3)6-4;1-2/h4,6-7,9-12H,5,8,13-14,22H2,1-3H3;1-4H3;1-2H3. The average Bonchev–Trinajstić information content (AvgIpc) is 2.79. The maximum atomic E-state index is 6.12. The molecule has 0 aliphatic heterocycles. The highest BCUT2D eigenvalue weighted by Crippen LogP contribution is 2.25. The minimum atomic E-state index is 0.0417. The van der Waals surface area contributed by atoms with Gasteiger partial charge in [-0.15, -0.1) is 0 Å². The Kier molecular flexibility index (Phi) is 15.7. The highest BCUT2D eigenvalue weighted by molar-refractivity contribution is 9.10. The van der Waals surface area contributed by atoms with Crippen LogP contribution in [0.3, 0.4) is 0 Å². The fourth-order valence-electron chi connectivity index (χ4n) is 2.83. The molecule has 0 spiro atoms. The van der Waals surface area contributed by atoms with Crippen molar-refractivity contribution in [3.63, 3.8) is 0 Å². The van der Waals surface area contributed by atoms with Gasteiger partial charge in [-0.25, -0.2) is 0 Å². The number of aliphatic imine (C=N–C) groups is 1. The fraction of sp³-hybridized carbons (Fsp3) is 0.519. The first-order valence-corrected chi connectivity index (χ1v) is 12.3. The summed E-state index contributed by atoms with van der Waals surface area (Å²) in [6.07, 6.45) is 1.93. The van der Waals surface area contributed by atoms with Crippen LogP contribution < -0.4 is 10.5 Å². The van der Waals surface area contributed by atoms with Gasteiger partial charge in [-0.2, -0.15) is 0 Å². The summed E-state index contributed by atoms with van der Waals surface area (Å²) < 4.78 is 11.1. The SMILES string of the molecule is CC.CN=C(CCCN(C)Cc1ccc(OC)cc1)c1c(N)cccc1Br.COC(C)(C)C. The van der Waals surface area contributed by atoms with Crippen molar-refractivity contribution in [3.8, 4) is 5.75 Å². The van der Waals surface area contributed by atoms with Crippen molar-refractivity contribution in [2.75, 3.05) is 40.6 Å². The third-order valence-corrected chi connectivity index (χ3v) is 5.44. The summed E-state index contributed by atoms with van der Waals surface area (Å²) in [6, 6.07) is 14.1. The first-order chi connectivity index (χ1) is 15.6. The fourth-order valence-corrected chi connectivity index (χ4v) is 3.44. The molecule has 0 amide bonds. The number of nitrogens with two attached hydrogens (primary N) is 1. The van der Waals surface area contributed by atoms with Gasteiger partial charge in [0.05, 0.1) is 12.7 Å². The number of halogens is 1. The lowest BCUT2D eigenvalue weighted by molar-refractivity contribution is 0.0397. The summed E-state index contributed by atoms with van der Waals surface area (Å²) in [5, 5.41) is 0. The lowest BCUT2D eigenvalue weighted by atomic mass is 10.0. The van der Waals surface area contributed by atoms with Crippen molar-refractivity contribution < 1.29 is 9.47 Å². The van der Waals surface area contributed by atoms with Crippen molar-refractivity contribution in [3.05, 3.63) is 58.1 Å². The smallest absolute Gasteiger partial charge is 0.118 e. The largest absolute Gasteiger partial charge is 0.497 e. The Morgan fingerprint density at radius 1 is 1.06 bits per heavy atom. The van der Waals surface area contributed by atoms with Crippen LogP contribution in [0.2, 0.25) is 0 Å². The molecule has 6 heteroatoms. The maximum absolute atomic E-state index is 6.12. The second-order valence-electron chi connectivity index (χ2n) is 8.38. The number of nitrogens with zero attached hydrogens (tertiary/aromatic N) is 2. The molecule has 33 heavy (non-hydrogen) atoms. The predicted octanol–water partition coefficient (Wildman–Crippen LogP) is 6.83. The molecule has 0 atom stereocenters. The van der Waals surface area contributed by atoms with Crippen molar-refractivity contribution in [1.29, 1.82) is 0 Å². The molecule has 186 valence electrons. The van der Waals surface area contributed by atoms with Crippen LogP contribution in [0.25, 0.3) is 0 Å². The molecular formula is C27H44BrN3O2. The summed E-state index contributed by atoms with van der Waals surface area (Å²) in [4.78, 5) is 6.77. The molecule has 0 heterocycles. The van der Waals surface area contributed by atoms with Gasteiger partial charge in [0, 0.05) is 42.1 Å². The molecule has 2 rings (SSSR count). The van der Waals surface area contributed by atoms with E-state index in [4.69, 9.17) is 15.2 Å². The Balaban J connectivity index is 0.00000111. The summed E-state index contributed by atoms with van der Waals surface area (Å²) in [5.41, 5.74) is 10.3. The number of benzene rings is 2. The first-order valence-electron chi connectivity index (χ1n) is 11.5. The summed E-state index contributed by atoms with van der Waals surface area (Å²) in [5.74, 6) is 0.890. The van der Waals surface area contributed by atoms with Crippen LogP contribution in [0.5, 0.6) is 5.75 Å². The monoisotopic (exact) mass is 521 g/mol. The molecule has 2 aromatic rings. The minimum Gasteiger partial charge on any atom is -0.497 e. The van der Waals surface area contributed by atoms with Crippen LogP contribution in [0.4, 0.5) is 5.69 Å². The summed E-state index contributed by atoms with van der Waals surface area (Å²) in [7, 11) is 7.36. The Hall–Kier alpha value is -1.89. The van der Waals surface area contributed by atoms with E-state index in [1.807, 2.05) is 72.0 Å². The molecule has 0 bridgehead atoms. The summed E-state index contributed by atoms with van der Waals surface area (Å²) >= 11 is 3.58. The quantitative estimate of drug-likeness (QED) is 0.305. The zero-order valence-corrected chi connectivity index (χ0v) is 23.6. The average molecular weight is 523 g/mol. The molecule has 2 N–H and O–H groups in total. The van der Waals surface area contributed by atoms with E-state index in [2.05, 4.69) is 45.0 Å². The minimum absolute atomic E-state index is 0.0417. The van der Waals surface area contributed by atoms with Crippen molar-refractivity contribution in [2.45, 2.75) is 59.6 Å². The Morgan fingerprint density at radius 3 is 2.09 bits per heavy atom. The molecule has 0 aromatic heterocycles. The van der Waals surface area contributed by atoms with Gasteiger partial charge in [0.25, 0.3) is 0 Å². The summed E-state index contributed by atoms with van der Waals surface area (Å²) in [6.45, 7) is 12.0. The topological polar surface area (TPSA) is 60.1 Å². The van der Waals surface area contributed by atoms with E-state index in [1.165, 1.54) is 5.56 Å². The van der Waals surface area contributed by atoms with Gasteiger partial charge in [0.15, 0.2) is 0 Å². The van der Waals surface area contributed by atoms with E-state index >= 15 is 0 Å². The number of anilines is 1. The number of methoxy groups -OCH3 is 2. The van der Waals surface area contributed by atoms with Gasteiger partial charge in [0.1, 0.15) is 5.75 Å². The van der Waals surface area contributed by atoms with Crippen molar-refractivity contribution in [2.24, 2.45) is 4.99 Å². The number of hydrogen-bond acceptors (Lipinski definition) is 5. The lowest BCUT2D eigenvalue weighted by Crippen LogP contribution is -2.20. The van der Waals surface area contributed by atoms with E-state index in [0.717, 1.165) is 53.1 Å². The van der Waals surface area contributed by atoms with E-state index in [-0.39, 0.29) is 5.60 Å². The highest BCUT2D eigenvalue weighted by atomic mass is 79.9. The molecule has 2 aromatic carbocycles. The molecule has 0 saturated carbocycles. The number of rotatable bonds is 8. The molecule has 0 aliphatic rings. The molecule has 0 unspecified atom stereocenters. The van der Waals surface area contributed by atoms with Gasteiger partial charge in [-0.05, 0) is 77.0 Å². The van der Waals surface area contributed by atoms with E-state index in [1.54, 1.807) is 14.2 Å². The molecule has 0 radical (unpaired) electrons. The van der Waals surface area contributed by atoms with Gasteiger partial charge in [-0.1, -0.05) is 48.0 Å². The number of ether oxygens (including phenoxy) is 2. The molecule has 5 nitrogen and oxygen atoms in total. The molecule has 0 saturated heterocycles. The Morgan fingerprint density at radius 2 is 1.64 bits per heavy atom. The molecule has 0 aliphatic carbocycles. The van der Waals surface area contributed by atoms with Crippen molar-refractivity contribution in [1.82, 2.24) is 4.90 Å². The Labute approximate surface area is 210 Å². The zero-order valence-electron chi connectivity index (χ0n) is 22.0. The third kappa shape index (κ3) is 12.8. The van der Waals surface area contributed by atoms with E-state index < -0.39 is 0 Å². The number of nitrogen functional groups attached to an aromatic ring is 1. The van der Waals surface area contributed by atoms with Gasteiger partial charge >= 0.3 is 0 Å². The van der Waals surface area contributed by atoms with Crippen LogP contribution in [0, 0.1) is 0 Å². The molecular weight excluding hydrogens is 478 g/mol. The van der Waals surface area contributed by atoms with Gasteiger partial charge in [-0.3, -0.25) is 4.99 Å². The van der Waals surface area contributed by atoms with Gasteiger partial charge < -0.3 is 20.1 Å². The van der Waals surface area contributed by atoms with Crippen LogP contribution in [0.1, 0.15) is 58.6 Å². The maximum Gasteiger partial charge on any atom is 0.118 e. The van der Waals surface area contributed by atoms with Crippen LogP contribution in [0.15, 0.2) is 51.9 Å². The second kappa shape index (κ2) is 16.7. The van der Waals surface area contributed by atoms with Crippen LogP contribution >= 0.6 is 15.9 Å². The van der Waals surface area contributed by atoms with Crippen LogP contribution in [-0.2, 0) is 11.3 Å². The van der Waals surface area contributed by atoms with Crippen molar-refractivity contribution >= 4 is 27.3 Å². The Bertz CT molecular complexity index is 795. The third-order valence-electron chi connectivity index (χ3n) is 4.78.